The van der Waals surface area contributed by atoms with Crippen molar-refractivity contribution in [1.29, 1.82) is 0 Å². The average molecular weight is 296 g/mol. The van der Waals surface area contributed by atoms with Crippen molar-refractivity contribution in [2.75, 3.05) is 44.9 Å². The van der Waals surface area contributed by atoms with Gasteiger partial charge in [0.05, 0.1) is 7.11 Å². The lowest BCUT2D eigenvalue weighted by atomic mass is 10.0. The van der Waals surface area contributed by atoms with Crippen molar-refractivity contribution in [2.24, 2.45) is 5.92 Å². The van der Waals surface area contributed by atoms with Gasteiger partial charge in [0.2, 0.25) is 11.9 Å². The molecule has 1 rings (SSSR count). The van der Waals surface area contributed by atoms with E-state index in [1.165, 1.54) is 0 Å². The first-order valence-electron chi connectivity index (χ1n) is 7.39. The minimum Gasteiger partial charge on any atom is -0.467 e. The molecule has 1 aromatic rings. The molecule has 0 spiro atoms. The van der Waals surface area contributed by atoms with E-state index in [4.69, 9.17) is 4.74 Å². The number of anilines is 2. The highest BCUT2D eigenvalue weighted by Crippen LogP contribution is 2.14. The maximum Gasteiger partial charge on any atom is 0.322 e. The van der Waals surface area contributed by atoms with Crippen LogP contribution in [0.4, 0.5) is 11.9 Å². The van der Waals surface area contributed by atoms with Gasteiger partial charge >= 0.3 is 6.01 Å². The van der Waals surface area contributed by atoms with E-state index in [2.05, 4.69) is 58.4 Å². The molecule has 0 amide bonds. The SMILES string of the molecule is CCNc1nc(NC(CC(C)C)CN(C)C)nc(OC)n1. The number of rotatable bonds is 9. The molecule has 120 valence electrons. The van der Waals surface area contributed by atoms with Crippen molar-refractivity contribution in [3.8, 4) is 6.01 Å². The lowest BCUT2D eigenvalue weighted by molar-refractivity contribution is 0.354. The third kappa shape index (κ3) is 6.57. The first-order valence-corrected chi connectivity index (χ1v) is 7.39. The zero-order valence-corrected chi connectivity index (χ0v) is 14.0. The van der Waals surface area contributed by atoms with Crippen LogP contribution in [0.2, 0.25) is 0 Å². The monoisotopic (exact) mass is 296 g/mol. The molecule has 7 heteroatoms. The predicted octanol–water partition coefficient (Wildman–Crippen LogP) is 1.70. The van der Waals surface area contributed by atoms with Crippen LogP contribution in [0.1, 0.15) is 27.2 Å². The number of nitrogens with one attached hydrogen (secondary N) is 2. The summed E-state index contributed by atoms with van der Waals surface area (Å²) in [6, 6.07) is 0.596. The summed E-state index contributed by atoms with van der Waals surface area (Å²) in [5, 5.41) is 6.48. The van der Waals surface area contributed by atoms with E-state index in [0.717, 1.165) is 19.5 Å². The van der Waals surface area contributed by atoms with Gasteiger partial charge in [0.1, 0.15) is 0 Å². The number of methoxy groups -OCH3 is 1. The maximum atomic E-state index is 5.13. The second-order valence-corrected chi connectivity index (χ2v) is 5.73. The molecule has 0 saturated carbocycles. The molecule has 0 aliphatic heterocycles. The molecule has 7 nitrogen and oxygen atoms in total. The highest BCUT2D eigenvalue weighted by molar-refractivity contribution is 5.36. The number of aromatic nitrogens is 3. The maximum absolute atomic E-state index is 5.13. The van der Waals surface area contributed by atoms with Crippen molar-refractivity contribution in [1.82, 2.24) is 19.9 Å². The molecule has 2 N–H and O–H groups in total. The minimum atomic E-state index is 0.279. The molecule has 0 saturated heterocycles. The summed E-state index contributed by atoms with van der Waals surface area (Å²) in [6.45, 7) is 8.09. The van der Waals surface area contributed by atoms with Crippen LogP contribution < -0.4 is 15.4 Å². The molecule has 0 bridgehead atoms. The highest BCUT2D eigenvalue weighted by Gasteiger charge is 2.15. The second-order valence-electron chi connectivity index (χ2n) is 5.73. The fraction of sp³-hybridized carbons (Fsp3) is 0.786. The summed E-state index contributed by atoms with van der Waals surface area (Å²) < 4.78 is 5.13. The van der Waals surface area contributed by atoms with E-state index in [-0.39, 0.29) is 6.04 Å². The van der Waals surface area contributed by atoms with E-state index in [0.29, 0.717) is 23.8 Å². The van der Waals surface area contributed by atoms with Crippen LogP contribution in [-0.2, 0) is 0 Å². The summed E-state index contributed by atoms with van der Waals surface area (Å²) in [5.41, 5.74) is 0. The molecule has 0 aromatic carbocycles. The molecular formula is C14H28N6O. The third-order valence-electron chi connectivity index (χ3n) is 2.81. The standard InChI is InChI=1S/C14H28N6O/c1-7-15-12-17-13(19-14(18-12)21-6)16-11(8-10(2)3)9-20(4)5/h10-11H,7-9H2,1-6H3,(H2,15,16,17,18,19). The largest absolute Gasteiger partial charge is 0.467 e. The number of likely N-dealkylation sites (N-methyl/N-ethyl adjacent to an activating group) is 1. The van der Waals surface area contributed by atoms with Crippen molar-refractivity contribution in [3.63, 3.8) is 0 Å². The lowest BCUT2D eigenvalue weighted by Gasteiger charge is -2.24. The molecule has 1 atom stereocenters. The van der Waals surface area contributed by atoms with Crippen LogP contribution in [0.25, 0.3) is 0 Å². The van der Waals surface area contributed by atoms with Crippen LogP contribution in [-0.4, -0.2) is 60.2 Å². The smallest absolute Gasteiger partial charge is 0.322 e. The fourth-order valence-electron chi connectivity index (χ4n) is 2.12. The minimum absolute atomic E-state index is 0.279. The topological polar surface area (TPSA) is 75.2 Å². The van der Waals surface area contributed by atoms with E-state index in [1.807, 2.05) is 6.92 Å². The average Bonchev–Trinajstić information content (AvgIpc) is 2.37. The van der Waals surface area contributed by atoms with E-state index < -0.39 is 0 Å². The van der Waals surface area contributed by atoms with Gasteiger partial charge in [0.25, 0.3) is 0 Å². The Morgan fingerprint density at radius 1 is 1.14 bits per heavy atom. The van der Waals surface area contributed by atoms with Gasteiger partial charge in [-0.3, -0.25) is 0 Å². The van der Waals surface area contributed by atoms with Gasteiger partial charge in [-0.05, 0) is 33.4 Å². The summed E-state index contributed by atoms with van der Waals surface area (Å²) >= 11 is 0. The Labute approximate surface area is 127 Å². The summed E-state index contributed by atoms with van der Waals surface area (Å²) in [4.78, 5) is 15.0. The van der Waals surface area contributed by atoms with Crippen LogP contribution in [0.5, 0.6) is 6.01 Å². The number of ether oxygens (including phenoxy) is 1. The van der Waals surface area contributed by atoms with Gasteiger partial charge in [0, 0.05) is 19.1 Å². The Hall–Kier alpha value is -1.63. The van der Waals surface area contributed by atoms with Gasteiger partial charge in [-0.2, -0.15) is 15.0 Å². The lowest BCUT2D eigenvalue weighted by Crippen LogP contribution is -2.34. The molecule has 0 radical (unpaired) electrons. The summed E-state index contributed by atoms with van der Waals surface area (Å²) in [5.74, 6) is 1.67. The number of hydrogen-bond donors (Lipinski definition) is 2. The van der Waals surface area contributed by atoms with E-state index >= 15 is 0 Å². The zero-order chi connectivity index (χ0) is 15.8. The van der Waals surface area contributed by atoms with Crippen molar-refractivity contribution < 1.29 is 4.74 Å². The Kier molecular flexibility index (Phi) is 7.14. The summed E-state index contributed by atoms with van der Waals surface area (Å²) in [6.07, 6.45) is 1.04. The number of nitrogens with zero attached hydrogens (tertiary/aromatic N) is 4. The Morgan fingerprint density at radius 2 is 1.81 bits per heavy atom. The highest BCUT2D eigenvalue weighted by atomic mass is 16.5. The van der Waals surface area contributed by atoms with Gasteiger partial charge in [-0.25, -0.2) is 0 Å². The zero-order valence-electron chi connectivity index (χ0n) is 14.0. The van der Waals surface area contributed by atoms with E-state index in [1.54, 1.807) is 7.11 Å². The van der Waals surface area contributed by atoms with Crippen molar-refractivity contribution >= 4 is 11.9 Å². The molecular weight excluding hydrogens is 268 g/mol. The molecule has 0 aliphatic rings. The van der Waals surface area contributed by atoms with Gasteiger partial charge < -0.3 is 20.3 Å². The second kappa shape index (κ2) is 8.61. The van der Waals surface area contributed by atoms with Crippen LogP contribution >= 0.6 is 0 Å². The van der Waals surface area contributed by atoms with Crippen molar-refractivity contribution in [2.45, 2.75) is 33.2 Å². The fourth-order valence-corrected chi connectivity index (χ4v) is 2.12. The molecule has 0 aliphatic carbocycles. The van der Waals surface area contributed by atoms with Crippen LogP contribution in [0.15, 0.2) is 0 Å². The first kappa shape index (κ1) is 17.4. The quantitative estimate of drug-likeness (QED) is 0.718. The normalized spacial score (nSPS) is 12.6. The van der Waals surface area contributed by atoms with Crippen LogP contribution in [0, 0.1) is 5.92 Å². The Bertz CT molecular complexity index is 414. The third-order valence-corrected chi connectivity index (χ3v) is 2.81. The Balaban J connectivity index is 2.87. The first-order chi connectivity index (χ1) is 9.94. The van der Waals surface area contributed by atoms with E-state index in [9.17, 15) is 0 Å². The Morgan fingerprint density at radius 3 is 2.33 bits per heavy atom. The molecule has 21 heavy (non-hydrogen) atoms. The van der Waals surface area contributed by atoms with Gasteiger partial charge in [0.15, 0.2) is 0 Å². The van der Waals surface area contributed by atoms with Gasteiger partial charge in [-0.15, -0.1) is 0 Å². The molecule has 1 unspecified atom stereocenters. The molecule has 1 heterocycles. The van der Waals surface area contributed by atoms with Crippen LogP contribution in [0.3, 0.4) is 0 Å². The number of hydrogen-bond acceptors (Lipinski definition) is 7. The van der Waals surface area contributed by atoms with Gasteiger partial charge in [-0.1, -0.05) is 13.8 Å². The van der Waals surface area contributed by atoms with Crippen molar-refractivity contribution in [3.05, 3.63) is 0 Å². The molecule has 1 aromatic heterocycles. The predicted molar refractivity (Wildman–Crippen MR) is 86.0 cm³/mol. The molecule has 0 fully saturated rings. The summed E-state index contributed by atoms with van der Waals surface area (Å²) in [7, 11) is 5.68.